The predicted octanol–water partition coefficient (Wildman–Crippen LogP) is 1.32. The van der Waals surface area contributed by atoms with Crippen LogP contribution in [0.5, 0.6) is 0 Å². The van der Waals surface area contributed by atoms with Gasteiger partial charge in [-0.2, -0.15) is 0 Å². The average molecular weight is 397 g/mol. The van der Waals surface area contributed by atoms with E-state index in [1.165, 1.54) is 22.8 Å². The van der Waals surface area contributed by atoms with Crippen LogP contribution in [0.3, 0.4) is 0 Å². The second-order valence-electron chi connectivity index (χ2n) is 7.59. The van der Waals surface area contributed by atoms with Gasteiger partial charge in [-0.1, -0.05) is 6.07 Å². The van der Waals surface area contributed by atoms with Gasteiger partial charge in [0.15, 0.2) is 0 Å². The van der Waals surface area contributed by atoms with Gasteiger partial charge in [-0.15, -0.1) is 0 Å². The van der Waals surface area contributed by atoms with Gasteiger partial charge in [-0.25, -0.2) is 4.39 Å². The monoisotopic (exact) mass is 397 g/mol. The van der Waals surface area contributed by atoms with E-state index in [0.29, 0.717) is 18.2 Å². The zero-order chi connectivity index (χ0) is 20.5. The van der Waals surface area contributed by atoms with E-state index in [-0.39, 0.29) is 23.7 Å². The van der Waals surface area contributed by atoms with E-state index in [9.17, 15) is 18.8 Å². The van der Waals surface area contributed by atoms with Crippen LogP contribution in [0.4, 0.5) is 10.1 Å². The lowest BCUT2D eigenvalue weighted by molar-refractivity contribution is -0.123. The molecule has 8 heteroatoms. The van der Waals surface area contributed by atoms with Crippen LogP contribution in [0.15, 0.2) is 47.4 Å². The summed E-state index contributed by atoms with van der Waals surface area (Å²) in [4.78, 5) is 37.8. The summed E-state index contributed by atoms with van der Waals surface area (Å²) in [5.74, 6) is -0.729. The maximum atomic E-state index is 14.5. The maximum absolute atomic E-state index is 14.5. The van der Waals surface area contributed by atoms with Crippen molar-refractivity contribution in [3.8, 4) is 5.69 Å². The molecular weight excluding hydrogens is 375 g/mol. The first-order chi connectivity index (χ1) is 13.9. The molecule has 2 aromatic rings. The molecule has 2 heterocycles. The highest BCUT2D eigenvalue weighted by Crippen LogP contribution is 2.42. The Balaban J connectivity index is 1.43. The summed E-state index contributed by atoms with van der Waals surface area (Å²) in [7, 11) is 0. The van der Waals surface area contributed by atoms with Crippen molar-refractivity contribution in [2.75, 3.05) is 18.4 Å². The number of rotatable bonds is 6. The van der Waals surface area contributed by atoms with Crippen molar-refractivity contribution in [2.24, 2.45) is 17.6 Å². The molecule has 29 heavy (non-hydrogen) atoms. The quantitative estimate of drug-likeness (QED) is 0.768. The summed E-state index contributed by atoms with van der Waals surface area (Å²) in [6, 6.07) is 8.23. The van der Waals surface area contributed by atoms with Crippen LogP contribution in [-0.4, -0.2) is 40.4 Å². The molecule has 0 spiro atoms. The Morgan fingerprint density at radius 3 is 2.66 bits per heavy atom. The molecule has 1 aliphatic heterocycles. The number of nitrogens with two attached hydrogens (primary N) is 1. The van der Waals surface area contributed by atoms with Crippen molar-refractivity contribution < 1.29 is 14.0 Å². The van der Waals surface area contributed by atoms with E-state index in [0.717, 1.165) is 12.8 Å². The number of nitrogens with one attached hydrogen (secondary N) is 1. The third-order valence-electron chi connectivity index (χ3n) is 5.46. The van der Waals surface area contributed by atoms with Gasteiger partial charge in [0.25, 0.3) is 5.56 Å². The molecule has 2 unspecified atom stereocenters. The number of likely N-dealkylation sites (tertiary alicyclic amines) is 1. The SMILES string of the molecule is NC(=O)C1[CH]C(C2CC2)CN1CC(=O)Nc1ccc(-n2ccccc2=O)cc1F. The second-order valence-corrected chi connectivity index (χ2v) is 7.59. The Hall–Kier alpha value is -3.00. The lowest BCUT2D eigenvalue weighted by Crippen LogP contribution is -2.44. The summed E-state index contributed by atoms with van der Waals surface area (Å²) in [6.45, 7) is 0.552. The molecule has 1 saturated carbocycles. The molecule has 1 aromatic heterocycles. The number of nitrogens with zero attached hydrogens (tertiary/aromatic N) is 2. The number of carbonyl (C=O) groups is 2. The molecular formula is C21H22FN4O3. The van der Waals surface area contributed by atoms with Crippen LogP contribution in [0.2, 0.25) is 0 Å². The van der Waals surface area contributed by atoms with Crippen LogP contribution in [0.25, 0.3) is 5.69 Å². The van der Waals surface area contributed by atoms with Crippen molar-refractivity contribution >= 4 is 17.5 Å². The number of amides is 2. The van der Waals surface area contributed by atoms with Gasteiger partial charge in [0.2, 0.25) is 11.8 Å². The fraction of sp³-hybridized carbons (Fsp3) is 0.333. The number of anilines is 1. The molecule has 3 N–H and O–H groups in total. The second kappa shape index (κ2) is 7.79. The number of benzene rings is 1. The first-order valence-corrected chi connectivity index (χ1v) is 9.58. The van der Waals surface area contributed by atoms with E-state index >= 15 is 0 Å². The van der Waals surface area contributed by atoms with Gasteiger partial charge >= 0.3 is 0 Å². The van der Waals surface area contributed by atoms with E-state index < -0.39 is 23.7 Å². The molecule has 0 bridgehead atoms. The summed E-state index contributed by atoms with van der Waals surface area (Å²) < 4.78 is 15.8. The highest BCUT2D eigenvalue weighted by atomic mass is 19.1. The number of aromatic nitrogens is 1. The number of pyridine rings is 1. The van der Waals surface area contributed by atoms with Gasteiger partial charge in [-0.3, -0.25) is 23.9 Å². The number of hydrogen-bond donors (Lipinski definition) is 2. The van der Waals surface area contributed by atoms with Crippen LogP contribution in [0, 0.1) is 24.1 Å². The molecule has 1 aliphatic carbocycles. The van der Waals surface area contributed by atoms with Crippen molar-refractivity contribution in [1.29, 1.82) is 0 Å². The molecule has 1 saturated heterocycles. The number of hydrogen-bond acceptors (Lipinski definition) is 4. The van der Waals surface area contributed by atoms with Gasteiger partial charge in [0, 0.05) is 24.9 Å². The van der Waals surface area contributed by atoms with Gasteiger partial charge < -0.3 is 11.1 Å². The van der Waals surface area contributed by atoms with Gasteiger partial charge in [-0.05, 0) is 49.3 Å². The van der Waals surface area contributed by atoms with E-state index in [1.807, 2.05) is 6.42 Å². The summed E-state index contributed by atoms with van der Waals surface area (Å²) in [5, 5.41) is 2.54. The number of primary amides is 1. The van der Waals surface area contributed by atoms with Crippen LogP contribution >= 0.6 is 0 Å². The fourth-order valence-electron chi connectivity index (χ4n) is 3.84. The lowest BCUT2D eigenvalue weighted by Gasteiger charge is -2.21. The lowest BCUT2D eigenvalue weighted by atomic mass is 10.0. The Morgan fingerprint density at radius 1 is 1.21 bits per heavy atom. The molecule has 2 aliphatic rings. The highest BCUT2D eigenvalue weighted by Gasteiger charge is 2.43. The Labute approximate surface area is 167 Å². The van der Waals surface area contributed by atoms with Gasteiger partial charge in [0.05, 0.1) is 24.0 Å². The molecule has 2 amide bonds. The first-order valence-electron chi connectivity index (χ1n) is 9.58. The van der Waals surface area contributed by atoms with Crippen LogP contribution in [-0.2, 0) is 9.59 Å². The average Bonchev–Trinajstić information content (AvgIpc) is 3.44. The third-order valence-corrected chi connectivity index (χ3v) is 5.46. The predicted molar refractivity (Wildman–Crippen MR) is 106 cm³/mol. The molecule has 151 valence electrons. The van der Waals surface area contributed by atoms with Crippen LogP contribution in [0.1, 0.15) is 12.8 Å². The molecule has 4 rings (SSSR count). The Kier molecular flexibility index (Phi) is 5.19. The normalized spacial score (nSPS) is 21.8. The largest absolute Gasteiger partial charge is 0.368 e. The first kappa shape index (κ1) is 19.3. The van der Waals surface area contributed by atoms with Crippen molar-refractivity contribution in [1.82, 2.24) is 9.47 Å². The summed E-state index contributed by atoms with van der Waals surface area (Å²) in [6.07, 6.45) is 5.74. The molecule has 2 fully saturated rings. The topological polar surface area (TPSA) is 97.4 Å². The molecule has 7 nitrogen and oxygen atoms in total. The highest BCUT2D eigenvalue weighted by molar-refractivity contribution is 5.93. The summed E-state index contributed by atoms with van der Waals surface area (Å²) in [5.41, 5.74) is 5.57. The van der Waals surface area contributed by atoms with Crippen molar-refractivity contribution in [2.45, 2.75) is 18.9 Å². The zero-order valence-electron chi connectivity index (χ0n) is 15.8. The smallest absolute Gasteiger partial charge is 0.255 e. The Morgan fingerprint density at radius 2 is 2.00 bits per heavy atom. The van der Waals surface area contributed by atoms with E-state index in [2.05, 4.69) is 5.32 Å². The summed E-state index contributed by atoms with van der Waals surface area (Å²) >= 11 is 0. The van der Waals surface area contributed by atoms with Crippen LogP contribution < -0.4 is 16.6 Å². The minimum atomic E-state index is -0.651. The van der Waals surface area contributed by atoms with E-state index in [4.69, 9.17) is 5.73 Å². The molecule has 2 atom stereocenters. The zero-order valence-corrected chi connectivity index (χ0v) is 15.8. The van der Waals surface area contributed by atoms with E-state index in [1.54, 1.807) is 29.3 Å². The fourth-order valence-corrected chi connectivity index (χ4v) is 3.84. The molecule has 1 aromatic carbocycles. The van der Waals surface area contributed by atoms with Crippen molar-refractivity contribution in [3.63, 3.8) is 0 Å². The Bertz CT molecular complexity index is 1000. The minimum Gasteiger partial charge on any atom is -0.368 e. The maximum Gasteiger partial charge on any atom is 0.255 e. The van der Waals surface area contributed by atoms with Gasteiger partial charge in [0.1, 0.15) is 5.82 Å². The minimum absolute atomic E-state index is 0.0141. The molecule has 1 radical (unpaired) electrons. The standard InChI is InChI=1S/C21H22FN4O3/c22-16-10-15(26-8-2-1-3-20(26)28)6-7-17(16)24-19(27)12-25-11-14(13-4-5-13)9-18(25)21(23)29/h1-3,6-10,13-14,18H,4-5,11-12H2,(H2,23,29)(H,24,27). The number of halogens is 1. The third kappa shape index (κ3) is 4.22. The number of carbonyl (C=O) groups excluding carboxylic acids is 2. The van der Waals surface area contributed by atoms with Crippen molar-refractivity contribution in [3.05, 3.63) is 65.2 Å².